The third-order valence-corrected chi connectivity index (χ3v) is 4.41. The molecular formula is C25H23N3O6. The lowest BCUT2D eigenvalue weighted by Crippen LogP contribution is -2.32. The second-order valence-corrected chi connectivity index (χ2v) is 6.78. The van der Waals surface area contributed by atoms with Gasteiger partial charge in [0.2, 0.25) is 0 Å². The van der Waals surface area contributed by atoms with Crippen LogP contribution in [0.4, 0.5) is 5.69 Å². The number of nitrogens with one attached hydrogen (secondary N) is 2. The number of benzene rings is 3. The molecule has 0 aliphatic carbocycles. The van der Waals surface area contributed by atoms with Crippen molar-refractivity contribution in [3.63, 3.8) is 0 Å². The summed E-state index contributed by atoms with van der Waals surface area (Å²) in [5.74, 6) is -1.15. The molecule has 0 bridgehead atoms. The number of hydrogen-bond acceptors (Lipinski definition) is 7. The largest absolute Gasteiger partial charge is 0.494 e. The summed E-state index contributed by atoms with van der Waals surface area (Å²) in [5.41, 5.74) is 3.55. The highest BCUT2D eigenvalue weighted by Gasteiger charge is 2.14. The van der Waals surface area contributed by atoms with Gasteiger partial charge in [-0.2, -0.15) is 5.10 Å². The topological polar surface area (TPSA) is 115 Å². The molecule has 2 N–H and O–H groups in total. The van der Waals surface area contributed by atoms with Crippen molar-refractivity contribution < 1.29 is 28.6 Å². The molecule has 0 aliphatic rings. The van der Waals surface area contributed by atoms with E-state index >= 15 is 0 Å². The van der Waals surface area contributed by atoms with Crippen molar-refractivity contribution in [2.75, 3.05) is 19.0 Å². The first-order valence-corrected chi connectivity index (χ1v) is 10.3. The van der Waals surface area contributed by atoms with E-state index in [9.17, 15) is 14.4 Å². The molecule has 9 heteroatoms. The van der Waals surface area contributed by atoms with E-state index in [1.54, 1.807) is 72.8 Å². The highest BCUT2D eigenvalue weighted by atomic mass is 16.6. The Balaban J connectivity index is 1.56. The summed E-state index contributed by atoms with van der Waals surface area (Å²) in [7, 11) is 1.43. The lowest BCUT2D eigenvalue weighted by atomic mass is 10.2. The monoisotopic (exact) mass is 461 g/mol. The number of esters is 1. The molecule has 9 nitrogen and oxygen atoms in total. The minimum absolute atomic E-state index is 0.229. The van der Waals surface area contributed by atoms with E-state index in [0.29, 0.717) is 34.9 Å². The van der Waals surface area contributed by atoms with E-state index < -0.39 is 17.8 Å². The molecule has 0 atom stereocenters. The average molecular weight is 461 g/mol. The summed E-state index contributed by atoms with van der Waals surface area (Å²) in [4.78, 5) is 36.3. The molecule has 2 amide bonds. The third kappa shape index (κ3) is 6.67. The molecule has 3 aromatic rings. The molecule has 34 heavy (non-hydrogen) atoms. The van der Waals surface area contributed by atoms with Gasteiger partial charge in [0.1, 0.15) is 5.75 Å². The Morgan fingerprint density at radius 2 is 1.65 bits per heavy atom. The predicted molar refractivity (Wildman–Crippen MR) is 126 cm³/mol. The predicted octanol–water partition coefficient (Wildman–Crippen LogP) is 3.40. The number of rotatable bonds is 8. The smallest absolute Gasteiger partial charge is 0.343 e. The van der Waals surface area contributed by atoms with E-state index in [1.165, 1.54) is 13.3 Å². The zero-order valence-electron chi connectivity index (χ0n) is 18.6. The summed E-state index contributed by atoms with van der Waals surface area (Å²) in [6.07, 6.45) is 1.33. The van der Waals surface area contributed by atoms with Crippen LogP contribution >= 0.6 is 0 Å². The van der Waals surface area contributed by atoms with Gasteiger partial charge >= 0.3 is 17.8 Å². The van der Waals surface area contributed by atoms with Crippen LogP contribution in [0.25, 0.3) is 0 Å². The number of methoxy groups -OCH3 is 1. The lowest BCUT2D eigenvalue weighted by molar-refractivity contribution is -0.136. The minimum atomic E-state index is -0.939. The highest BCUT2D eigenvalue weighted by Crippen LogP contribution is 2.28. The quantitative estimate of drug-likeness (QED) is 0.175. The molecule has 0 radical (unpaired) electrons. The number of carbonyl (C=O) groups is 3. The first kappa shape index (κ1) is 24.0. The summed E-state index contributed by atoms with van der Waals surface area (Å²) in [6.45, 7) is 2.39. The molecule has 0 heterocycles. The Morgan fingerprint density at radius 1 is 0.912 bits per heavy atom. The van der Waals surface area contributed by atoms with Crippen LogP contribution in [-0.4, -0.2) is 37.7 Å². The van der Waals surface area contributed by atoms with Crippen molar-refractivity contribution >= 4 is 29.7 Å². The Hall–Kier alpha value is -4.66. The Morgan fingerprint density at radius 3 is 2.32 bits per heavy atom. The maximum absolute atomic E-state index is 12.3. The number of hydrazone groups is 1. The van der Waals surface area contributed by atoms with E-state index in [2.05, 4.69) is 15.8 Å². The standard InChI is InChI=1S/C25H23N3O6/c1-3-33-20-12-10-19(11-13-20)27-23(29)24(30)28-26-16-17-9-14-21(22(15-17)32-2)34-25(31)18-7-5-4-6-8-18/h4-16H,3H2,1-2H3,(H,27,29)(H,28,30). The minimum Gasteiger partial charge on any atom is -0.494 e. The number of amides is 2. The SMILES string of the molecule is CCOc1ccc(NC(=O)C(=O)NN=Cc2ccc(OC(=O)c3ccccc3)c(OC)c2)cc1. The van der Waals surface area contributed by atoms with Crippen LogP contribution in [0.15, 0.2) is 77.9 Å². The molecule has 0 saturated heterocycles. The molecule has 0 saturated carbocycles. The molecule has 3 rings (SSSR count). The lowest BCUT2D eigenvalue weighted by Gasteiger charge is -2.10. The second-order valence-electron chi connectivity index (χ2n) is 6.78. The first-order valence-electron chi connectivity index (χ1n) is 10.3. The molecule has 3 aromatic carbocycles. The Labute approximate surface area is 196 Å². The van der Waals surface area contributed by atoms with Gasteiger partial charge in [-0.15, -0.1) is 0 Å². The van der Waals surface area contributed by atoms with Crippen molar-refractivity contribution in [1.29, 1.82) is 0 Å². The van der Waals surface area contributed by atoms with Crippen molar-refractivity contribution in [3.05, 3.63) is 83.9 Å². The number of hydrogen-bond donors (Lipinski definition) is 2. The van der Waals surface area contributed by atoms with Gasteiger partial charge in [-0.05, 0) is 67.1 Å². The molecule has 174 valence electrons. The fourth-order valence-corrected chi connectivity index (χ4v) is 2.79. The van der Waals surface area contributed by atoms with Gasteiger partial charge in [0.15, 0.2) is 11.5 Å². The van der Waals surface area contributed by atoms with Gasteiger partial charge in [0, 0.05) is 5.69 Å². The zero-order chi connectivity index (χ0) is 24.3. The second kappa shape index (κ2) is 11.8. The van der Waals surface area contributed by atoms with E-state index in [1.807, 2.05) is 6.92 Å². The van der Waals surface area contributed by atoms with Gasteiger partial charge < -0.3 is 19.5 Å². The number of ether oxygens (including phenoxy) is 3. The number of carbonyl (C=O) groups excluding carboxylic acids is 3. The van der Waals surface area contributed by atoms with Gasteiger partial charge in [0.25, 0.3) is 0 Å². The fraction of sp³-hybridized carbons (Fsp3) is 0.120. The van der Waals surface area contributed by atoms with Gasteiger partial charge in [-0.1, -0.05) is 18.2 Å². The number of anilines is 1. The van der Waals surface area contributed by atoms with Crippen LogP contribution in [0.3, 0.4) is 0 Å². The van der Waals surface area contributed by atoms with Crippen LogP contribution in [-0.2, 0) is 9.59 Å². The fourth-order valence-electron chi connectivity index (χ4n) is 2.79. The van der Waals surface area contributed by atoms with Crippen molar-refractivity contribution in [2.24, 2.45) is 5.10 Å². The number of nitrogens with zero attached hydrogens (tertiary/aromatic N) is 1. The van der Waals surface area contributed by atoms with Crippen LogP contribution in [0.2, 0.25) is 0 Å². The van der Waals surface area contributed by atoms with Crippen molar-refractivity contribution in [2.45, 2.75) is 6.92 Å². The first-order chi connectivity index (χ1) is 16.5. The molecule has 0 aromatic heterocycles. The maximum Gasteiger partial charge on any atom is 0.343 e. The van der Waals surface area contributed by atoms with Gasteiger partial charge in [-0.25, -0.2) is 10.2 Å². The van der Waals surface area contributed by atoms with Crippen molar-refractivity contribution in [3.8, 4) is 17.2 Å². The summed E-state index contributed by atoms with van der Waals surface area (Å²) in [6, 6.07) is 19.9. The van der Waals surface area contributed by atoms with Gasteiger partial charge in [-0.3, -0.25) is 9.59 Å². The van der Waals surface area contributed by atoms with Crippen LogP contribution in [0.1, 0.15) is 22.8 Å². The molecular weight excluding hydrogens is 438 g/mol. The third-order valence-electron chi connectivity index (χ3n) is 4.41. The molecule has 0 unspecified atom stereocenters. The van der Waals surface area contributed by atoms with Gasteiger partial charge in [0.05, 0.1) is 25.5 Å². The van der Waals surface area contributed by atoms with E-state index in [-0.39, 0.29) is 5.75 Å². The van der Waals surface area contributed by atoms with E-state index in [4.69, 9.17) is 14.2 Å². The summed E-state index contributed by atoms with van der Waals surface area (Å²) < 4.78 is 16.0. The maximum atomic E-state index is 12.3. The normalized spacial score (nSPS) is 10.4. The molecule has 0 spiro atoms. The van der Waals surface area contributed by atoms with E-state index in [0.717, 1.165) is 0 Å². The van der Waals surface area contributed by atoms with Crippen LogP contribution in [0, 0.1) is 0 Å². The van der Waals surface area contributed by atoms with Crippen LogP contribution in [0.5, 0.6) is 17.2 Å². The average Bonchev–Trinajstić information content (AvgIpc) is 2.86. The summed E-state index contributed by atoms with van der Waals surface area (Å²) in [5, 5.41) is 6.26. The molecule has 0 aliphatic heterocycles. The zero-order valence-corrected chi connectivity index (χ0v) is 18.6. The Bertz CT molecular complexity index is 1180. The van der Waals surface area contributed by atoms with Crippen molar-refractivity contribution in [1.82, 2.24) is 5.43 Å². The van der Waals surface area contributed by atoms with Crippen LogP contribution < -0.4 is 25.0 Å². The molecule has 0 fully saturated rings. The Kier molecular flexibility index (Phi) is 8.34. The summed E-state index contributed by atoms with van der Waals surface area (Å²) >= 11 is 0. The highest BCUT2D eigenvalue weighted by molar-refractivity contribution is 6.39.